The zero-order chi connectivity index (χ0) is 16.7. The molecule has 5 heteroatoms. The second kappa shape index (κ2) is 5.50. The molecule has 0 fully saturated rings. The van der Waals surface area contributed by atoms with Crippen molar-refractivity contribution in [3.05, 3.63) is 59.7 Å². The van der Waals surface area contributed by atoms with Crippen molar-refractivity contribution in [3.63, 3.8) is 0 Å². The van der Waals surface area contributed by atoms with Crippen molar-refractivity contribution in [2.75, 3.05) is 0 Å². The molecule has 0 bridgehead atoms. The summed E-state index contributed by atoms with van der Waals surface area (Å²) in [4.78, 5) is 8.10. The molecule has 24 heavy (non-hydrogen) atoms. The first-order valence-electron chi connectivity index (χ1n) is 7.98. The number of aromatic nitrogens is 4. The van der Waals surface area contributed by atoms with Crippen LogP contribution < -0.4 is 0 Å². The molecule has 0 spiro atoms. The van der Waals surface area contributed by atoms with Crippen LogP contribution >= 0.6 is 0 Å². The number of fused-ring (bicyclic) bond motifs is 3. The van der Waals surface area contributed by atoms with Gasteiger partial charge in [0.15, 0.2) is 11.5 Å². The Hall–Kier alpha value is -3.13. The molecule has 0 saturated carbocycles. The number of pyridine rings is 1. The number of rotatable bonds is 3. The van der Waals surface area contributed by atoms with Crippen LogP contribution in [-0.4, -0.2) is 19.7 Å². The van der Waals surface area contributed by atoms with Crippen LogP contribution in [-0.2, 0) is 6.42 Å². The first kappa shape index (κ1) is 14.5. The highest BCUT2D eigenvalue weighted by Gasteiger charge is 2.15. The highest BCUT2D eigenvalue weighted by molar-refractivity contribution is 6.08. The Morgan fingerprint density at radius 1 is 1.21 bits per heavy atom. The average molecular weight is 315 g/mol. The van der Waals surface area contributed by atoms with E-state index in [1.165, 1.54) is 0 Å². The summed E-state index contributed by atoms with van der Waals surface area (Å²) in [6.07, 6.45) is 2.74. The summed E-state index contributed by atoms with van der Waals surface area (Å²) in [5.41, 5.74) is 3.62. The lowest BCUT2D eigenvalue weighted by Gasteiger charge is -2.02. The predicted molar refractivity (Wildman–Crippen MR) is 95.5 cm³/mol. The maximum Gasteiger partial charge on any atom is 0.188 e. The van der Waals surface area contributed by atoms with Crippen LogP contribution in [0.5, 0.6) is 0 Å². The van der Waals surface area contributed by atoms with Gasteiger partial charge in [0.25, 0.3) is 0 Å². The molecule has 118 valence electrons. The van der Waals surface area contributed by atoms with Gasteiger partial charge in [-0.25, -0.2) is 9.83 Å². The van der Waals surface area contributed by atoms with Crippen molar-refractivity contribution in [1.29, 1.82) is 0 Å². The van der Waals surface area contributed by atoms with Crippen LogP contribution in [0.15, 0.2) is 42.6 Å². The molecule has 0 aliphatic heterocycles. The molecule has 0 atom stereocenters. The minimum atomic E-state index is 0.566. The summed E-state index contributed by atoms with van der Waals surface area (Å²) >= 11 is 0. The molecule has 3 aromatic heterocycles. The van der Waals surface area contributed by atoms with E-state index in [-0.39, 0.29) is 0 Å². The van der Waals surface area contributed by atoms with Crippen LogP contribution in [0.2, 0.25) is 0 Å². The third-order valence-electron chi connectivity index (χ3n) is 4.11. The van der Waals surface area contributed by atoms with Crippen molar-refractivity contribution < 1.29 is 0 Å². The summed E-state index contributed by atoms with van der Waals surface area (Å²) in [5.74, 6) is 1.40. The Bertz CT molecular complexity index is 1080. The minimum absolute atomic E-state index is 0.566. The molecular formula is C19H17N5. The molecule has 0 radical (unpaired) electrons. The summed E-state index contributed by atoms with van der Waals surface area (Å²) in [6.45, 7) is 11.6. The third-order valence-corrected chi connectivity index (χ3v) is 4.11. The van der Waals surface area contributed by atoms with Gasteiger partial charge in [-0.2, -0.15) is 5.10 Å². The number of nitrogens with zero attached hydrogens (tertiary/aromatic N) is 4. The Balaban J connectivity index is 2.00. The Labute approximate surface area is 139 Å². The fourth-order valence-corrected chi connectivity index (χ4v) is 3.14. The smallest absolute Gasteiger partial charge is 0.188 e. The lowest BCUT2D eigenvalue weighted by atomic mass is 10.1. The molecule has 0 saturated heterocycles. The summed E-state index contributed by atoms with van der Waals surface area (Å²) in [6, 6.07) is 11.8. The van der Waals surface area contributed by atoms with E-state index >= 15 is 0 Å². The van der Waals surface area contributed by atoms with Crippen molar-refractivity contribution >= 4 is 27.6 Å². The van der Waals surface area contributed by atoms with Crippen molar-refractivity contribution in [3.8, 4) is 5.82 Å². The van der Waals surface area contributed by atoms with Crippen LogP contribution in [0.3, 0.4) is 0 Å². The standard InChI is InChI=1S/C19H17N5/c1-12(2)9-14-11-18(23-22-14)24-17-7-6-13(20-3)10-16(17)15-5-4-8-21-19(15)24/h4-8,10-12H,9H2,1-2H3,(H,22,23). The van der Waals surface area contributed by atoms with E-state index in [1.54, 1.807) is 6.20 Å². The van der Waals surface area contributed by atoms with Gasteiger partial charge in [0, 0.05) is 23.3 Å². The van der Waals surface area contributed by atoms with Gasteiger partial charge >= 0.3 is 0 Å². The normalized spacial score (nSPS) is 11.4. The largest absolute Gasteiger partial charge is 0.280 e. The summed E-state index contributed by atoms with van der Waals surface area (Å²) in [7, 11) is 0. The second-order valence-corrected chi connectivity index (χ2v) is 6.37. The van der Waals surface area contributed by atoms with Gasteiger partial charge in [0.05, 0.1) is 12.1 Å². The Kier molecular flexibility index (Phi) is 3.31. The molecule has 0 aliphatic carbocycles. The molecule has 0 unspecified atom stereocenters. The van der Waals surface area contributed by atoms with E-state index in [2.05, 4.69) is 44.5 Å². The molecule has 3 heterocycles. The van der Waals surface area contributed by atoms with E-state index in [0.717, 1.165) is 39.9 Å². The van der Waals surface area contributed by atoms with Gasteiger partial charge < -0.3 is 0 Å². The topological polar surface area (TPSA) is 50.9 Å². The fraction of sp³-hybridized carbons (Fsp3) is 0.211. The number of hydrogen-bond donors (Lipinski definition) is 1. The monoisotopic (exact) mass is 315 g/mol. The Morgan fingerprint density at radius 2 is 2.08 bits per heavy atom. The van der Waals surface area contributed by atoms with Crippen molar-refractivity contribution in [2.24, 2.45) is 5.92 Å². The second-order valence-electron chi connectivity index (χ2n) is 6.37. The third kappa shape index (κ3) is 2.24. The maximum absolute atomic E-state index is 7.25. The first-order chi connectivity index (χ1) is 11.7. The number of aromatic amines is 1. The highest BCUT2D eigenvalue weighted by Crippen LogP contribution is 2.32. The molecule has 4 rings (SSSR count). The van der Waals surface area contributed by atoms with Crippen molar-refractivity contribution in [1.82, 2.24) is 19.7 Å². The van der Waals surface area contributed by atoms with Gasteiger partial charge in [0.1, 0.15) is 5.65 Å². The maximum atomic E-state index is 7.25. The minimum Gasteiger partial charge on any atom is -0.280 e. The van der Waals surface area contributed by atoms with Gasteiger partial charge in [-0.1, -0.05) is 19.9 Å². The molecule has 5 nitrogen and oxygen atoms in total. The van der Waals surface area contributed by atoms with Crippen LogP contribution in [0.4, 0.5) is 5.69 Å². The van der Waals surface area contributed by atoms with Crippen LogP contribution in [0, 0.1) is 12.5 Å². The number of hydrogen-bond acceptors (Lipinski definition) is 2. The summed E-state index contributed by atoms with van der Waals surface area (Å²) < 4.78 is 2.05. The van der Waals surface area contributed by atoms with E-state index < -0.39 is 0 Å². The number of benzene rings is 1. The van der Waals surface area contributed by atoms with E-state index in [0.29, 0.717) is 11.6 Å². The highest BCUT2D eigenvalue weighted by atomic mass is 15.2. The lowest BCUT2D eigenvalue weighted by molar-refractivity contribution is 0.633. The van der Waals surface area contributed by atoms with Crippen molar-refractivity contribution in [2.45, 2.75) is 20.3 Å². The Morgan fingerprint density at radius 3 is 2.88 bits per heavy atom. The fourth-order valence-electron chi connectivity index (χ4n) is 3.14. The molecule has 4 aromatic rings. The molecule has 1 aromatic carbocycles. The van der Waals surface area contributed by atoms with E-state index in [4.69, 9.17) is 6.57 Å². The van der Waals surface area contributed by atoms with Crippen LogP contribution in [0.25, 0.3) is 32.6 Å². The van der Waals surface area contributed by atoms with Crippen LogP contribution in [0.1, 0.15) is 19.5 Å². The predicted octanol–water partition coefficient (Wildman–Crippen LogP) is 4.65. The van der Waals surface area contributed by atoms with E-state index in [9.17, 15) is 0 Å². The molecular weight excluding hydrogens is 298 g/mol. The zero-order valence-electron chi connectivity index (χ0n) is 13.6. The molecule has 1 N–H and O–H groups in total. The lowest BCUT2D eigenvalue weighted by Crippen LogP contribution is -1.95. The van der Waals surface area contributed by atoms with Gasteiger partial charge in [-0.3, -0.25) is 9.67 Å². The zero-order valence-corrected chi connectivity index (χ0v) is 13.6. The molecule has 0 aliphatic rings. The van der Waals surface area contributed by atoms with E-state index in [1.807, 2.05) is 30.3 Å². The number of H-pyrrole nitrogens is 1. The molecule has 0 amide bonds. The van der Waals surface area contributed by atoms with Gasteiger partial charge in [0.2, 0.25) is 0 Å². The average Bonchev–Trinajstić information content (AvgIpc) is 3.15. The SMILES string of the molecule is [C-]#[N+]c1ccc2c(c1)c1cccnc1n2-c1cc(CC(C)C)[nH]n1. The number of nitrogens with one attached hydrogen (secondary N) is 1. The quantitative estimate of drug-likeness (QED) is 0.559. The summed E-state index contributed by atoms with van der Waals surface area (Å²) in [5, 5.41) is 9.68. The van der Waals surface area contributed by atoms with Gasteiger partial charge in [-0.05, 0) is 42.0 Å². The van der Waals surface area contributed by atoms with Gasteiger partial charge in [-0.15, -0.1) is 0 Å². The first-order valence-corrected chi connectivity index (χ1v) is 7.98.